The predicted molar refractivity (Wildman–Crippen MR) is 86.3 cm³/mol. The zero-order valence-electron chi connectivity index (χ0n) is 13.1. The number of halogens is 2. The highest BCUT2D eigenvalue weighted by atomic mass is 19.2. The fourth-order valence-electron chi connectivity index (χ4n) is 3.52. The monoisotopic (exact) mass is 332 g/mol. The molecule has 1 fully saturated rings. The normalized spacial score (nSPS) is 19.2. The van der Waals surface area contributed by atoms with Crippen molar-refractivity contribution in [3.63, 3.8) is 0 Å². The lowest BCUT2D eigenvalue weighted by atomic mass is 10.1. The molecule has 7 heteroatoms. The van der Waals surface area contributed by atoms with E-state index in [4.69, 9.17) is 0 Å². The molecular weight excluding hydrogens is 314 g/mol. The number of benzene rings is 1. The summed E-state index contributed by atoms with van der Waals surface area (Å²) in [6.07, 6.45) is 0.713. The molecule has 2 aliphatic rings. The molecule has 2 aromatic rings. The van der Waals surface area contributed by atoms with Gasteiger partial charge in [0, 0.05) is 25.7 Å². The van der Waals surface area contributed by atoms with Crippen LogP contribution in [0.2, 0.25) is 0 Å². The van der Waals surface area contributed by atoms with Gasteiger partial charge in [0.2, 0.25) is 0 Å². The summed E-state index contributed by atoms with van der Waals surface area (Å²) in [5.74, 6) is -0.785. The quantitative estimate of drug-likeness (QED) is 0.914. The van der Waals surface area contributed by atoms with Crippen LogP contribution in [0.5, 0.6) is 0 Å². The summed E-state index contributed by atoms with van der Waals surface area (Å²) >= 11 is 0. The lowest BCUT2D eigenvalue weighted by Crippen LogP contribution is -2.49. The van der Waals surface area contributed by atoms with Gasteiger partial charge in [-0.25, -0.2) is 13.6 Å². The van der Waals surface area contributed by atoms with Crippen LogP contribution in [0, 0.1) is 11.6 Å². The van der Waals surface area contributed by atoms with E-state index in [1.165, 1.54) is 6.07 Å². The van der Waals surface area contributed by atoms with Gasteiger partial charge in [-0.3, -0.25) is 4.57 Å². The second-order valence-electron chi connectivity index (χ2n) is 6.26. The van der Waals surface area contributed by atoms with Gasteiger partial charge in [0.05, 0.1) is 18.3 Å². The lowest BCUT2D eigenvalue weighted by molar-refractivity contribution is 0.474. The van der Waals surface area contributed by atoms with E-state index in [0.717, 1.165) is 31.5 Å². The molecule has 5 nitrogen and oxygen atoms in total. The van der Waals surface area contributed by atoms with Crippen LogP contribution in [0.25, 0.3) is 0 Å². The van der Waals surface area contributed by atoms with Crippen molar-refractivity contribution in [2.24, 2.45) is 0 Å². The average Bonchev–Trinajstić information content (AvgIpc) is 2.96. The molecule has 0 amide bonds. The molecule has 1 aromatic carbocycles. The molecule has 3 heterocycles. The van der Waals surface area contributed by atoms with E-state index in [1.807, 2.05) is 6.07 Å². The van der Waals surface area contributed by atoms with Crippen molar-refractivity contribution in [3.8, 4) is 0 Å². The molecule has 4 rings (SSSR count). The van der Waals surface area contributed by atoms with E-state index in [2.05, 4.69) is 15.2 Å². The first-order valence-corrected chi connectivity index (χ1v) is 8.14. The predicted octanol–water partition coefficient (Wildman–Crippen LogP) is 1.10. The minimum atomic E-state index is -0.849. The van der Waals surface area contributed by atoms with Gasteiger partial charge in [-0.1, -0.05) is 12.1 Å². The summed E-state index contributed by atoms with van der Waals surface area (Å²) in [5, 5.41) is 3.33. The summed E-state index contributed by atoms with van der Waals surface area (Å²) in [4.78, 5) is 18.6. The highest BCUT2D eigenvalue weighted by Crippen LogP contribution is 2.25. The second-order valence-corrected chi connectivity index (χ2v) is 6.26. The van der Waals surface area contributed by atoms with Gasteiger partial charge in [-0.05, 0) is 24.5 Å². The molecule has 0 radical (unpaired) electrons. The molecule has 1 atom stereocenters. The van der Waals surface area contributed by atoms with E-state index < -0.39 is 11.6 Å². The third-order valence-electron chi connectivity index (χ3n) is 4.76. The summed E-state index contributed by atoms with van der Waals surface area (Å²) in [5.41, 5.74) is 0.656. The molecule has 1 N–H and O–H groups in total. The number of hydrogen-bond acceptors (Lipinski definition) is 4. The van der Waals surface area contributed by atoms with E-state index in [-0.39, 0.29) is 11.7 Å². The van der Waals surface area contributed by atoms with Gasteiger partial charge in [-0.2, -0.15) is 4.98 Å². The van der Waals surface area contributed by atoms with Crippen molar-refractivity contribution < 1.29 is 8.78 Å². The molecular formula is C17H18F2N4O. The Kier molecular flexibility index (Phi) is 3.80. The molecule has 1 aromatic heterocycles. The SMILES string of the molecule is O=c1nc(CCc2cccc(F)c2F)cc2n1CC1CNCCN21. The van der Waals surface area contributed by atoms with Gasteiger partial charge < -0.3 is 10.2 Å². The highest BCUT2D eigenvalue weighted by molar-refractivity contribution is 5.46. The lowest BCUT2D eigenvalue weighted by Gasteiger charge is -2.31. The largest absolute Gasteiger partial charge is 0.350 e. The maximum Gasteiger partial charge on any atom is 0.349 e. The topological polar surface area (TPSA) is 50.2 Å². The highest BCUT2D eigenvalue weighted by Gasteiger charge is 2.32. The van der Waals surface area contributed by atoms with E-state index in [0.29, 0.717) is 30.6 Å². The molecule has 0 bridgehead atoms. The number of fused-ring (bicyclic) bond motifs is 3. The molecule has 0 saturated carbocycles. The van der Waals surface area contributed by atoms with Crippen LogP contribution < -0.4 is 15.9 Å². The standard InChI is InChI=1S/C17H18F2N4O/c18-14-3-1-2-11(16(14)19)4-5-12-8-15-22-7-6-20-9-13(22)10-23(15)17(24)21-12/h1-3,8,13,20H,4-7,9-10H2. The van der Waals surface area contributed by atoms with Crippen molar-refractivity contribution in [1.82, 2.24) is 14.9 Å². The molecule has 0 spiro atoms. The summed E-state index contributed by atoms with van der Waals surface area (Å²) in [6, 6.07) is 6.34. The van der Waals surface area contributed by atoms with E-state index in [1.54, 1.807) is 10.6 Å². The van der Waals surface area contributed by atoms with Crippen molar-refractivity contribution >= 4 is 5.82 Å². The molecule has 126 valence electrons. The third-order valence-corrected chi connectivity index (χ3v) is 4.76. The number of aryl methyl sites for hydroxylation is 2. The molecule has 1 saturated heterocycles. The number of nitrogens with one attached hydrogen (secondary N) is 1. The first-order chi connectivity index (χ1) is 11.6. The number of hydrogen-bond donors (Lipinski definition) is 1. The van der Waals surface area contributed by atoms with Crippen molar-refractivity contribution in [2.75, 3.05) is 24.5 Å². The number of aromatic nitrogens is 2. The number of nitrogens with zero attached hydrogens (tertiary/aromatic N) is 3. The van der Waals surface area contributed by atoms with Crippen LogP contribution in [0.3, 0.4) is 0 Å². The Morgan fingerprint density at radius 3 is 3.04 bits per heavy atom. The fraction of sp³-hybridized carbons (Fsp3) is 0.412. The zero-order valence-corrected chi connectivity index (χ0v) is 13.1. The number of rotatable bonds is 3. The Morgan fingerprint density at radius 2 is 2.17 bits per heavy atom. The van der Waals surface area contributed by atoms with Crippen LogP contribution in [0.4, 0.5) is 14.6 Å². The Labute approximate surface area is 137 Å². The van der Waals surface area contributed by atoms with E-state index >= 15 is 0 Å². The minimum absolute atomic E-state index is 0.267. The van der Waals surface area contributed by atoms with Gasteiger partial charge in [-0.15, -0.1) is 0 Å². The van der Waals surface area contributed by atoms with Gasteiger partial charge in [0.15, 0.2) is 11.6 Å². The summed E-state index contributed by atoms with van der Waals surface area (Å²) in [6.45, 7) is 3.24. The second kappa shape index (κ2) is 5.98. The van der Waals surface area contributed by atoms with Crippen molar-refractivity contribution in [3.05, 3.63) is 57.6 Å². The van der Waals surface area contributed by atoms with Crippen LogP contribution in [-0.4, -0.2) is 35.2 Å². The molecule has 24 heavy (non-hydrogen) atoms. The third kappa shape index (κ3) is 2.58. The average molecular weight is 332 g/mol. The van der Waals surface area contributed by atoms with Gasteiger partial charge in [0.25, 0.3) is 0 Å². The van der Waals surface area contributed by atoms with Crippen LogP contribution in [0.1, 0.15) is 11.3 Å². The van der Waals surface area contributed by atoms with Crippen molar-refractivity contribution in [1.29, 1.82) is 0 Å². The first kappa shape index (κ1) is 15.3. The Bertz CT molecular complexity index is 836. The summed E-state index contributed by atoms with van der Waals surface area (Å²) < 4.78 is 28.7. The minimum Gasteiger partial charge on any atom is -0.350 e. The molecule has 2 aliphatic heterocycles. The Hall–Kier alpha value is -2.28. The van der Waals surface area contributed by atoms with Crippen LogP contribution >= 0.6 is 0 Å². The van der Waals surface area contributed by atoms with Crippen LogP contribution in [-0.2, 0) is 19.4 Å². The maximum atomic E-state index is 13.7. The summed E-state index contributed by atoms with van der Waals surface area (Å²) in [7, 11) is 0. The smallest absolute Gasteiger partial charge is 0.349 e. The van der Waals surface area contributed by atoms with Gasteiger partial charge >= 0.3 is 5.69 Å². The van der Waals surface area contributed by atoms with E-state index in [9.17, 15) is 13.6 Å². The molecule has 0 aliphatic carbocycles. The Morgan fingerprint density at radius 1 is 1.29 bits per heavy atom. The maximum absolute atomic E-state index is 13.7. The molecule has 1 unspecified atom stereocenters. The Balaban J connectivity index is 1.58. The number of piperazine rings is 1. The zero-order chi connectivity index (χ0) is 16.7. The number of anilines is 1. The van der Waals surface area contributed by atoms with Crippen LogP contribution in [0.15, 0.2) is 29.1 Å². The first-order valence-electron chi connectivity index (χ1n) is 8.14. The van der Waals surface area contributed by atoms with Crippen molar-refractivity contribution in [2.45, 2.75) is 25.4 Å². The fourth-order valence-corrected chi connectivity index (χ4v) is 3.52. The van der Waals surface area contributed by atoms with Gasteiger partial charge in [0.1, 0.15) is 5.82 Å².